The summed E-state index contributed by atoms with van der Waals surface area (Å²) in [6.45, 7) is 0.186. The Morgan fingerprint density at radius 2 is 2.35 bits per heavy atom. The van der Waals surface area contributed by atoms with Crippen LogP contribution in [0.2, 0.25) is 5.02 Å². The maximum Gasteiger partial charge on any atom is 0.150 e. The molecule has 0 spiro atoms. The molecule has 0 aliphatic carbocycles. The Morgan fingerprint density at radius 1 is 1.53 bits per heavy atom. The summed E-state index contributed by atoms with van der Waals surface area (Å²) in [5.41, 5.74) is 2.08. The highest BCUT2D eigenvalue weighted by atomic mass is 35.5. The van der Waals surface area contributed by atoms with E-state index < -0.39 is 0 Å². The van der Waals surface area contributed by atoms with Gasteiger partial charge in [0.15, 0.2) is 0 Å². The van der Waals surface area contributed by atoms with Crippen molar-refractivity contribution in [3.05, 3.63) is 41.2 Å². The normalized spacial score (nSPS) is 9.88. The zero-order valence-electron chi connectivity index (χ0n) is 8.80. The third-order valence-electron chi connectivity index (χ3n) is 2.30. The van der Waals surface area contributed by atoms with Gasteiger partial charge in [-0.1, -0.05) is 17.7 Å². The number of nitrogens with zero attached hydrogens (tertiary/aromatic N) is 3. The number of benzene rings is 1. The van der Waals surface area contributed by atoms with Crippen LogP contribution in [0.3, 0.4) is 0 Å². The standard InChI is InChI=1S/C12H8ClN3O/c13-12-2-1-9(8-17)5-11(12)10-6-15-16(7-10)4-3-14/h1-2,5-8H,4H2. The van der Waals surface area contributed by atoms with Crippen LogP contribution in [0, 0.1) is 11.3 Å². The number of halogens is 1. The average molecular weight is 246 g/mol. The van der Waals surface area contributed by atoms with Gasteiger partial charge in [0.1, 0.15) is 12.8 Å². The van der Waals surface area contributed by atoms with Crippen molar-refractivity contribution in [2.75, 3.05) is 0 Å². The lowest BCUT2D eigenvalue weighted by molar-refractivity contribution is 0.112. The van der Waals surface area contributed by atoms with Crippen molar-refractivity contribution in [2.24, 2.45) is 0 Å². The van der Waals surface area contributed by atoms with Crippen LogP contribution < -0.4 is 0 Å². The molecule has 17 heavy (non-hydrogen) atoms. The predicted molar refractivity (Wildman–Crippen MR) is 63.7 cm³/mol. The van der Waals surface area contributed by atoms with Crippen molar-refractivity contribution >= 4 is 17.9 Å². The SMILES string of the molecule is N#CCn1cc(-c2cc(C=O)ccc2Cl)cn1. The second-order valence-electron chi connectivity index (χ2n) is 3.44. The van der Waals surface area contributed by atoms with E-state index >= 15 is 0 Å². The van der Waals surface area contributed by atoms with Crippen molar-refractivity contribution in [3.8, 4) is 17.2 Å². The molecule has 84 valence electrons. The minimum atomic E-state index is 0.186. The Kier molecular flexibility index (Phi) is 3.22. The summed E-state index contributed by atoms with van der Waals surface area (Å²) in [5, 5.41) is 13.1. The first-order valence-electron chi connectivity index (χ1n) is 4.89. The highest BCUT2D eigenvalue weighted by Crippen LogP contribution is 2.28. The molecule has 5 heteroatoms. The molecular formula is C12H8ClN3O. The van der Waals surface area contributed by atoms with Gasteiger partial charge in [-0.15, -0.1) is 0 Å². The summed E-state index contributed by atoms with van der Waals surface area (Å²) in [6, 6.07) is 7.01. The van der Waals surface area contributed by atoms with Gasteiger partial charge in [-0.2, -0.15) is 10.4 Å². The number of rotatable bonds is 3. The number of nitriles is 1. The minimum absolute atomic E-state index is 0.186. The number of aldehydes is 1. The van der Waals surface area contributed by atoms with E-state index in [-0.39, 0.29) is 6.54 Å². The fourth-order valence-corrected chi connectivity index (χ4v) is 1.73. The third-order valence-corrected chi connectivity index (χ3v) is 2.63. The minimum Gasteiger partial charge on any atom is -0.298 e. The molecule has 1 aromatic carbocycles. The van der Waals surface area contributed by atoms with Crippen molar-refractivity contribution in [2.45, 2.75) is 6.54 Å². The Hall–Kier alpha value is -2.12. The van der Waals surface area contributed by atoms with Gasteiger partial charge in [0.25, 0.3) is 0 Å². The molecule has 0 bridgehead atoms. The number of carbonyl (C=O) groups is 1. The molecule has 1 heterocycles. The van der Waals surface area contributed by atoms with Crippen molar-refractivity contribution in [1.29, 1.82) is 5.26 Å². The fraction of sp³-hybridized carbons (Fsp3) is 0.0833. The molecule has 0 saturated carbocycles. The lowest BCUT2D eigenvalue weighted by Crippen LogP contribution is -1.94. The Labute approximate surface area is 103 Å². The van der Waals surface area contributed by atoms with E-state index in [1.54, 1.807) is 30.6 Å². The molecule has 0 aliphatic rings. The van der Waals surface area contributed by atoms with E-state index in [1.807, 2.05) is 6.07 Å². The van der Waals surface area contributed by atoms with Crippen LogP contribution in [-0.2, 0) is 6.54 Å². The Bertz CT molecular complexity index is 598. The largest absolute Gasteiger partial charge is 0.298 e. The first-order chi connectivity index (χ1) is 8.24. The highest BCUT2D eigenvalue weighted by Gasteiger charge is 2.07. The molecule has 2 aromatic rings. The van der Waals surface area contributed by atoms with Gasteiger partial charge in [-0.05, 0) is 12.1 Å². The summed E-state index contributed by atoms with van der Waals surface area (Å²) in [5.74, 6) is 0. The van der Waals surface area contributed by atoms with E-state index in [0.717, 1.165) is 17.4 Å². The van der Waals surface area contributed by atoms with Crippen LogP contribution in [-0.4, -0.2) is 16.1 Å². The van der Waals surface area contributed by atoms with Gasteiger partial charge in [0.05, 0.1) is 12.3 Å². The van der Waals surface area contributed by atoms with Crippen molar-refractivity contribution < 1.29 is 4.79 Å². The molecule has 2 rings (SSSR count). The van der Waals surface area contributed by atoms with E-state index in [2.05, 4.69) is 5.10 Å². The van der Waals surface area contributed by atoms with Gasteiger partial charge in [0.2, 0.25) is 0 Å². The average Bonchev–Trinajstić information content (AvgIpc) is 2.79. The summed E-state index contributed by atoms with van der Waals surface area (Å²) in [7, 11) is 0. The topological polar surface area (TPSA) is 58.7 Å². The second-order valence-corrected chi connectivity index (χ2v) is 3.85. The zero-order chi connectivity index (χ0) is 12.3. The molecule has 0 N–H and O–H groups in total. The quantitative estimate of drug-likeness (QED) is 0.781. The monoisotopic (exact) mass is 245 g/mol. The maximum atomic E-state index is 10.7. The number of hydrogen-bond donors (Lipinski definition) is 0. The lowest BCUT2D eigenvalue weighted by atomic mass is 10.1. The molecule has 4 nitrogen and oxygen atoms in total. The van der Waals surface area contributed by atoms with Crippen LogP contribution in [0.5, 0.6) is 0 Å². The van der Waals surface area contributed by atoms with E-state index in [0.29, 0.717) is 10.6 Å². The van der Waals surface area contributed by atoms with E-state index in [4.69, 9.17) is 16.9 Å². The first-order valence-corrected chi connectivity index (χ1v) is 5.27. The molecular weight excluding hydrogens is 238 g/mol. The fourth-order valence-electron chi connectivity index (χ4n) is 1.50. The molecule has 0 aliphatic heterocycles. The summed E-state index contributed by atoms with van der Waals surface area (Å²) >= 11 is 6.06. The highest BCUT2D eigenvalue weighted by molar-refractivity contribution is 6.33. The number of aromatic nitrogens is 2. The van der Waals surface area contributed by atoms with Crippen LogP contribution in [0.25, 0.3) is 11.1 Å². The zero-order valence-corrected chi connectivity index (χ0v) is 9.55. The first kappa shape index (κ1) is 11.4. The second kappa shape index (κ2) is 4.81. The molecule has 0 atom stereocenters. The van der Waals surface area contributed by atoms with Crippen LogP contribution in [0.15, 0.2) is 30.6 Å². The molecule has 1 aromatic heterocycles. The smallest absolute Gasteiger partial charge is 0.150 e. The molecule has 0 amide bonds. The molecule has 0 saturated heterocycles. The van der Waals surface area contributed by atoms with Gasteiger partial charge in [0, 0.05) is 27.9 Å². The van der Waals surface area contributed by atoms with Crippen LogP contribution in [0.4, 0.5) is 0 Å². The number of carbonyl (C=O) groups excluding carboxylic acids is 1. The van der Waals surface area contributed by atoms with Gasteiger partial charge in [-0.25, -0.2) is 0 Å². The van der Waals surface area contributed by atoms with Gasteiger partial charge < -0.3 is 0 Å². The van der Waals surface area contributed by atoms with Gasteiger partial charge >= 0.3 is 0 Å². The summed E-state index contributed by atoms with van der Waals surface area (Å²) in [4.78, 5) is 10.7. The van der Waals surface area contributed by atoms with Gasteiger partial charge in [-0.3, -0.25) is 9.48 Å². The third kappa shape index (κ3) is 2.35. The lowest BCUT2D eigenvalue weighted by Gasteiger charge is -2.01. The van der Waals surface area contributed by atoms with Crippen LogP contribution >= 0.6 is 11.6 Å². The maximum absolute atomic E-state index is 10.7. The molecule has 0 unspecified atom stereocenters. The van der Waals surface area contributed by atoms with Crippen molar-refractivity contribution in [3.63, 3.8) is 0 Å². The molecule has 0 radical (unpaired) electrons. The van der Waals surface area contributed by atoms with Crippen molar-refractivity contribution in [1.82, 2.24) is 9.78 Å². The van der Waals surface area contributed by atoms with Crippen LogP contribution in [0.1, 0.15) is 10.4 Å². The predicted octanol–water partition coefficient (Wildman–Crippen LogP) is 2.54. The summed E-state index contributed by atoms with van der Waals surface area (Å²) in [6.07, 6.45) is 4.10. The summed E-state index contributed by atoms with van der Waals surface area (Å²) < 4.78 is 1.51. The Balaban J connectivity index is 2.44. The number of hydrogen-bond acceptors (Lipinski definition) is 3. The van der Waals surface area contributed by atoms with E-state index in [1.165, 1.54) is 4.68 Å². The molecule has 0 fully saturated rings. The Morgan fingerprint density at radius 3 is 3.06 bits per heavy atom. The van der Waals surface area contributed by atoms with E-state index in [9.17, 15) is 4.79 Å².